The molecule has 1 aromatic heterocycles. The average Bonchev–Trinajstić information content (AvgIpc) is 2.58. The number of aromatic nitrogens is 2. The predicted molar refractivity (Wildman–Crippen MR) is 64.9 cm³/mol. The number of nitrogens with zero attached hydrogens (tertiary/aromatic N) is 2. The van der Waals surface area contributed by atoms with E-state index in [0.717, 1.165) is 11.3 Å². The molecule has 0 radical (unpaired) electrons. The molecule has 0 unspecified atom stereocenters. The van der Waals surface area contributed by atoms with Gasteiger partial charge in [-0.3, -0.25) is 0 Å². The molecule has 2 rings (SSSR count). The van der Waals surface area contributed by atoms with Crippen LogP contribution in [0.5, 0.6) is 0 Å². The number of nitrogens with one attached hydrogen (secondary N) is 1. The Morgan fingerprint density at radius 3 is 2.25 bits per heavy atom. The van der Waals surface area contributed by atoms with Gasteiger partial charge >= 0.3 is 0 Å². The largest absolute Gasteiger partial charge is 0.325 e. The van der Waals surface area contributed by atoms with Gasteiger partial charge in [0.05, 0.1) is 0 Å². The SMILES string of the molecule is Fc1cc(Br)cc(F)c1Nc1nnc(Br)s1. The van der Waals surface area contributed by atoms with E-state index in [4.69, 9.17) is 0 Å². The van der Waals surface area contributed by atoms with E-state index < -0.39 is 11.6 Å². The molecule has 0 aliphatic rings. The maximum Gasteiger partial charge on any atom is 0.211 e. The fourth-order valence-electron chi connectivity index (χ4n) is 1.02. The Morgan fingerprint density at radius 2 is 1.75 bits per heavy atom. The molecule has 0 saturated heterocycles. The van der Waals surface area contributed by atoms with Gasteiger partial charge in [0.2, 0.25) is 5.13 Å². The van der Waals surface area contributed by atoms with Crippen molar-refractivity contribution in [3.8, 4) is 0 Å². The van der Waals surface area contributed by atoms with Gasteiger partial charge in [-0.15, -0.1) is 10.2 Å². The number of hydrogen-bond acceptors (Lipinski definition) is 4. The highest BCUT2D eigenvalue weighted by Crippen LogP contribution is 2.29. The lowest BCUT2D eigenvalue weighted by molar-refractivity contribution is 0.589. The molecule has 2 aromatic rings. The highest BCUT2D eigenvalue weighted by atomic mass is 79.9. The first kappa shape index (κ1) is 11.9. The highest BCUT2D eigenvalue weighted by molar-refractivity contribution is 9.11. The zero-order valence-electron chi connectivity index (χ0n) is 7.47. The lowest BCUT2D eigenvalue weighted by Crippen LogP contribution is -1.97. The molecule has 0 aliphatic heterocycles. The Kier molecular flexibility index (Phi) is 3.50. The Balaban J connectivity index is 2.34. The van der Waals surface area contributed by atoms with E-state index in [1.54, 1.807) is 0 Å². The van der Waals surface area contributed by atoms with Crippen molar-refractivity contribution in [3.63, 3.8) is 0 Å². The van der Waals surface area contributed by atoms with Crippen LogP contribution in [0.4, 0.5) is 19.6 Å². The van der Waals surface area contributed by atoms with E-state index >= 15 is 0 Å². The Hall–Kier alpha value is -0.600. The monoisotopic (exact) mass is 369 g/mol. The van der Waals surface area contributed by atoms with Gasteiger partial charge in [0.25, 0.3) is 0 Å². The van der Waals surface area contributed by atoms with Gasteiger partial charge in [-0.25, -0.2) is 8.78 Å². The van der Waals surface area contributed by atoms with Crippen LogP contribution < -0.4 is 5.32 Å². The fraction of sp³-hybridized carbons (Fsp3) is 0. The van der Waals surface area contributed by atoms with Crippen LogP contribution in [-0.2, 0) is 0 Å². The summed E-state index contributed by atoms with van der Waals surface area (Å²) in [6.45, 7) is 0. The van der Waals surface area contributed by atoms with Crippen molar-refractivity contribution in [3.05, 3.63) is 32.2 Å². The van der Waals surface area contributed by atoms with Gasteiger partial charge in [-0.05, 0) is 28.1 Å². The van der Waals surface area contributed by atoms with Crippen LogP contribution >= 0.6 is 43.2 Å². The first-order valence-electron chi connectivity index (χ1n) is 3.97. The molecule has 0 fully saturated rings. The zero-order chi connectivity index (χ0) is 11.7. The summed E-state index contributed by atoms with van der Waals surface area (Å²) in [6, 6.07) is 2.34. The van der Waals surface area contributed by atoms with E-state index in [9.17, 15) is 8.78 Å². The molecule has 1 heterocycles. The number of benzene rings is 1. The molecule has 0 amide bonds. The lowest BCUT2D eigenvalue weighted by atomic mass is 10.3. The van der Waals surface area contributed by atoms with Crippen molar-refractivity contribution in [2.45, 2.75) is 0 Å². The van der Waals surface area contributed by atoms with Crippen molar-refractivity contribution < 1.29 is 8.78 Å². The van der Waals surface area contributed by atoms with Crippen LogP contribution in [0.15, 0.2) is 20.5 Å². The van der Waals surface area contributed by atoms with Crippen LogP contribution in [0.2, 0.25) is 0 Å². The third-order valence-corrected chi connectivity index (χ3v) is 3.37. The van der Waals surface area contributed by atoms with Crippen molar-refractivity contribution >= 4 is 54.0 Å². The van der Waals surface area contributed by atoms with Crippen molar-refractivity contribution in [2.24, 2.45) is 0 Å². The Bertz CT molecular complexity index is 509. The molecular formula is C8H3Br2F2N3S. The minimum atomic E-state index is -0.696. The molecule has 3 nitrogen and oxygen atoms in total. The zero-order valence-corrected chi connectivity index (χ0v) is 11.5. The van der Waals surface area contributed by atoms with Gasteiger partial charge in [0, 0.05) is 4.47 Å². The first-order valence-corrected chi connectivity index (χ1v) is 6.37. The second-order valence-electron chi connectivity index (χ2n) is 2.73. The molecule has 0 bridgehead atoms. The van der Waals surface area contributed by atoms with Crippen molar-refractivity contribution in [1.82, 2.24) is 10.2 Å². The Labute approximate surface area is 110 Å². The van der Waals surface area contributed by atoms with E-state index in [1.165, 1.54) is 12.1 Å². The minimum Gasteiger partial charge on any atom is -0.325 e. The van der Waals surface area contributed by atoms with E-state index in [-0.39, 0.29) is 5.69 Å². The number of hydrogen-bond donors (Lipinski definition) is 1. The van der Waals surface area contributed by atoms with E-state index in [1.807, 2.05) is 0 Å². The van der Waals surface area contributed by atoms with Crippen LogP contribution in [0.1, 0.15) is 0 Å². The van der Waals surface area contributed by atoms with Crippen molar-refractivity contribution in [1.29, 1.82) is 0 Å². The maximum absolute atomic E-state index is 13.4. The summed E-state index contributed by atoms with van der Waals surface area (Å²) in [5.74, 6) is -1.39. The smallest absolute Gasteiger partial charge is 0.211 e. The van der Waals surface area contributed by atoms with Gasteiger partial charge in [-0.2, -0.15) is 0 Å². The van der Waals surface area contributed by atoms with Gasteiger partial charge < -0.3 is 5.32 Å². The predicted octanol–water partition coefficient (Wildman–Crippen LogP) is 4.08. The maximum atomic E-state index is 13.4. The second-order valence-corrected chi connectivity index (χ2v) is 5.90. The molecule has 1 aromatic carbocycles. The van der Waals surface area contributed by atoms with Crippen LogP contribution in [-0.4, -0.2) is 10.2 Å². The third-order valence-electron chi connectivity index (χ3n) is 1.64. The fourth-order valence-corrected chi connectivity index (χ4v) is 2.44. The van der Waals surface area contributed by atoms with Gasteiger partial charge in [0.1, 0.15) is 5.69 Å². The summed E-state index contributed by atoms with van der Waals surface area (Å²) in [7, 11) is 0. The molecule has 0 saturated carbocycles. The molecule has 84 valence electrons. The number of anilines is 2. The van der Waals surface area contributed by atoms with Crippen molar-refractivity contribution in [2.75, 3.05) is 5.32 Å². The number of rotatable bonds is 2. The minimum absolute atomic E-state index is 0.244. The third kappa shape index (κ3) is 2.55. The lowest BCUT2D eigenvalue weighted by Gasteiger charge is -2.05. The molecule has 8 heteroatoms. The first-order chi connectivity index (χ1) is 7.56. The van der Waals surface area contributed by atoms with E-state index in [0.29, 0.717) is 13.5 Å². The molecule has 16 heavy (non-hydrogen) atoms. The number of halogens is 4. The standard InChI is InChI=1S/C8H3Br2F2N3S/c9-3-1-4(11)6(5(12)2-3)13-8-15-14-7(10)16-8/h1-2H,(H,13,15). The van der Waals surface area contributed by atoms with Crippen LogP contribution in [0.3, 0.4) is 0 Å². The summed E-state index contributed by atoms with van der Waals surface area (Å²) in [5, 5.41) is 10.2. The summed E-state index contributed by atoms with van der Waals surface area (Å²) in [4.78, 5) is 0. The highest BCUT2D eigenvalue weighted by Gasteiger charge is 2.12. The van der Waals surface area contributed by atoms with Gasteiger partial charge in [0.15, 0.2) is 15.6 Å². The van der Waals surface area contributed by atoms with Crippen LogP contribution in [0, 0.1) is 11.6 Å². The molecular weight excluding hydrogens is 368 g/mol. The average molecular weight is 371 g/mol. The quantitative estimate of drug-likeness (QED) is 0.865. The molecule has 1 N–H and O–H groups in total. The second kappa shape index (κ2) is 4.72. The molecule has 0 spiro atoms. The van der Waals surface area contributed by atoms with Crippen LogP contribution in [0.25, 0.3) is 0 Å². The van der Waals surface area contributed by atoms with E-state index in [2.05, 4.69) is 47.4 Å². The summed E-state index contributed by atoms with van der Waals surface area (Å²) < 4.78 is 27.7. The van der Waals surface area contributed by atoms with Gasteiger partial charge in [-0.1, -0.05) is 27.3 Å². The Morgan fingerprint density at radius 1 is 1.12 bits per heavy atom. The molecule has 0 atom stereocenters. The normalized spacial score (nSPS) is 10.5. The topological polar surface area (TPSA) is 37.8 Å². The summed E-state index contributed by atoms with van der Waals surface area (Å²) >= 11 is 7.24. The molecule has 0 aliphatic carbocycles. The summed E-state index contributed by atoms with van der Waals surface area (Å²) in [6.07, 6.45) is 0. The summed E-state index contributed by atoms with van der Waals surface area (Å²) in [5.41, 5.74) is -0.244.